The molecule has 1 aliphatic carbocycles. The minimum Gasteiger partial charge on any atom is -0.393 e. The van der Waals surface area contributed by atoms with Gasteiger partial charge in [-0.05, 0) is 44.0 Å². The maximum Gasteiger partial charge on any atom is 0.178 e. The molecule has 0 saturated heterocycles. The third-order valence-electron chi connectivity index (χ3n) is 3.42. The van der Waals surface area contributed by atoms with Crippen molar-refractivity contribution in [1.82, 2.24) is 4.90 Å². The molecule has 0 bridgehead atoms. The fourth-order valence-electron chi connectivity index (χ4n) is 2.40. The van der Waals surface area contributed by atoms with E-state index in [-0.39, 0.29) is 11.9 Å². The van der Waals surface area contributed by atoms with Crippen LogP contribution in [0.4, 0.5) is 0 Å². The van der Waals surface area contributed by atoms with Crippen LogP contribution in [-0.2, 0) is 0 Å². The normalized spacial score (nSPS) is 22.4. The fraction of sp³-hybridized carbons (Fsp3) is 0.500. The van der Waals surface area contributed by atoms with E-state index in [1.807, 2.05) is 11.9 Å². The molecule has 19 heavy (non-hydrogen) atoms. The minimum absolute atomic E-state index is 0.0325. The van der Waals surface area contributed by atoms with Crippen molar-refractivity contribution in [3.63, 3.8) is 0 Å². The molecular weight excluding hydrogens is 285 g/mol. The smallest absolute Gasteiger partial charge is 0.178 e. The SMILES string of the molecule is CN(CC(=O)c1cc(Cl)ccc1Cl)CC1CC(O)C1. The maximum absolute atomic E-state index is 12.1. The van der Waals surface area contributed by atoms with Crippen LogP contribution in [0.15, 0.2) is 18.2 Å². The number of carbonyl (C=O) groups is 1. The molecule has 1 aromatic rings. The molecular formula is C14H17Cl2NO2. The number of hydrogen-bond acceptors (Lipinski definition) is 3. The van der Waals surface area contributed by atoms with Gasteiger partial charge in [-0.3, -0.25) is 9.69 Å². The number of aliphatic hydroxyl groups is 1. The van der Waals surface area contributed by atoms with Gasteiger partial charge in [-0.25, -0.2) is 0 Å². The van der Waals surface area contributed by atoms with Crippen molar-refractivity contribution in [1.29, 1.82) is 0 Å². The first-order valence-electron chi connectivity index (χ1n) is 6.30. The van der Waals surface area contributed by atoms with Gasteiger partial charge in [0.1, 0.15) is 0 Å². The lowest BCUT2D eigenvalue weighted by Crippen LogP contribution is -2.38. The van der Waals surface area contributed by atoms with E-state index >= 15 is 0 Å². The van der Waals surface area contributed by atoms with Gasteiger partial charge in [0.2, 0.25) is 0 Å². The van der Waals surface area contributed by atoms with Crippen LogP contribution in [0, 0.1) is 5.92 Å². The van der Waals surface area contributed by atoms with Crippen LogP contribution >= 0.6 is 23.2 Å². The molecule has 0 unspecified atom stereocenters. The first-order chi connectivity index (χ1) is 8.95. The molecule has 0 amide bonds. The Kier molecular flexibility index (Phi) is 4.85. The summed E-state index contributed by atoms with van der Waals surface area (Å²) in [5, 5.41) is 10.2. The summed E-state index contributed by atoms with van der Waals surface area (Å²) < 4.78 is 0. The Labute approximate surface area is 123 Å². The van der Waals surface area contributed by atoms with Crippen LogP contribution in [0.1, 0.15) is 23.2 Å². The highest BCUT2D eigenvalue weighted by Crippen LogP contribution is 2.28. The standard InChI is InChI=1S/C14H17Cl2NO2/c1-17(7-9-4-11(18)5-9)8-14(19)12-6-10(15)2-3-13(12)16/h2-3,6,9,11,18H,4-5,7-8H2,1H3. The van der Waals surface area contributed by atoms with Gasteiger partial charge in [0, 0.05) is 17.1 Å². The van der Waals surface area contributed by atoms with Gasteiger partial charge in [0.15, 0.2) is 5.78 Å². The van der Waals surface area contributed by atoms with E-state index in [2.05, 4.69) is 0 Å². The van der Waals surface area contributed by atoms with Gasteiger partial charge in [-0.15, -0.1) is 0 Å². The Morgan fingerprint density at radius 1 is 1.42 bits per heavy atom. The number of Topliss-reactive ketones (excluding diaryl/α,β-unsaturated/α-hetero) is 1. The lowest BCUT2D eigenvalue weighted by atomic mass is 9.82. The number of likely N-dealkylation sites (N-methyl/N-ethyl adjacent to an activating group) is 1. The first-order valence-corrected chi connectivity index (χ1v) is 7.06. The van der Waals surface area contributed by atoms with Crippen molar-refractivity contribution < 1.29 is 9.90 Å². The number of hydrogen-bond donors (Lipinski definition) is 1. The zero-order valence-electron chi connectivity index (χ0n) is 10.8. The summed E-state index contributed by atoms with van der Waals surface area (Å²) in [4.78, 5) is 14.1. The molecule has 3 nitrogen and oxygen atoms in total. The lowest BCUT2D eigenvalue weighted by molar-refractivity contribution is 0.0286. The summed E-state index contributed by atoms with van der Waals surface area (Å²) >= 11 is 11.9. The number of benzene rings is 1. The van der Waals surface area contributed by atoms with Crippen molar-refractivity contribution in [2.75, 3.05) is 20.1 Å². The van der Waals surface area contributed by atoms with Crippen molar-refractivity contribution >= 4 is 29.0 Å². The molecule has 1 fully saturated rings. The lowest BCUT2D eigenvalue weighted by Gasteiger charge is -2.34. The number of rotatable bonds is 5. The number of nitrogens with zero attached hydrogens (tertiary/aromatic N) is 1. The van der Waals surface area contributed by atoms with E-state index in [0.717, 1.165) is 19.4 Å². The molecule has 0 aliphatic heterocycles. The summed E-state index contributed by atoms with van der Waals surface area (Å²) in [6, 6.07) is 4.91. The average Bonchev–Trinajstić information content (AvgIpc) is 2.30. The summed E-state index contributed by atoms with van der Waals surface area (Å²) in [7, 11) is 1.90. The van der Waals surface area contributed by atoms with E-state index in [1.54, 1.807) is 18.2 Å². The highest BCUT2D eigenvalue weighted by Gasteiger charge is 2.28. The van der Waals surface area contributed by atoms with E-state index in [1.165, 1.54) is 0 Å². The van der Waals surface area contributed by atoms with Crippen LogP contribution in [-0.4, -0.2) is 42.0 Å². The van der Waals surface area contributed by atoms with Gasteiger partial charge in [0.05, 0.1) is 17.7 Å². The monoisotopic (exact) mass is 301 g/mol. The van der Waals surface area contributed by atoms with Crippen LogP contribution in [0.3, 0.4) is 0 Å². The zero-order valence-corrected chi connectivity index (χ0v) is 12.3. The van der Waals surface area contributed by atoms with E-state index in [0.29, 0.717) is 28.1 Å². The van der Waals surface area contributed by atoms with Crippen molar-refractivity contribution in [2.45, 2.75) is 18.9 Å². The predicted molar refractivity (Wildman–Crippen MR) is 77.0 cm³/mol. The number of ketones is 1. The summed E-state index contributed by atoms with van der Waals surface area (Å²) in [6.07, 6.45) is 1.50. The second-order valence-corrected chi connectivity index (χ2v) is 6.08. The van der Waals surface area contributed by atoms with Gasteiger partial charge < -0.3 is 5.11 Å². The van der Waals surface area contributed by atoms with Crippen LogP contribution in [0.2, 0.25) is 10.0 Å². The predicted octanol–water partition coefficient (Wildman–Crippen LogP) is 2.88. The molecule has 5 heteroatoms. The second-order valence-electron chi connectivity index (χ2n) is 5.24. The molecule has 2 rings (SSSR count). The number of halogens is 2. The molecule has 1 N–H and O–H groups in total. The van der Waals surface area contributed by atoms with Crippen molar-refractivity contribution in [2.24, 2.45) is 5.92 Å². The second kappa shape index (κ2) is 6.23. The van der Waals surface area contributed by atoms with Crippen LogP contribution in [0.5, 0.6) is 0 Å². The summed E-state index contributed by atoms with van der Waals surface area (Å²) in [5.41, 5.74) is 0.467. The Morgan fingerprint density at radius 2 is 2.11 bits per heavy atom. The maximum atomic E-state index is 12.1. The van der Waals surface area contributed by atoms with Crippen LogP contribution in [0.25, 0.3) is 0 Å². The van der Waals surface area contributed by atoms with E-state index < -0.39 is 0 Å². The minimum atomic E-state index is -0.156. The average molecular weight is 302 g/mol. The van der Waals surface area contributed by atoms with Gasteiger partial charge >= 0.3 is 0 Å². The molecule has 0 heterocycles. The molecule has 0 aromatic heterocycles. The summed E-state index contributed by atoms with van der Waals surface area (Å²) in [5.74, 6) is 0.456. The third kappa shape index (κ3) is 3.93. The Morgan fingerprint density at radius 3 is 2.74 bits per heavy atom. The Hall–Kier alpha value is -0.610. The van der Waals surface area contributed by atoms with E-state index in [9.17, 15) is 9.90 Å². The number of aliphatic hydroxyl groups excluding tert-OH is 1. The largest absolute Gasteiger partial charge is 0.393 e. The Balaban J connectivity index is 1.91. The highest BCUT2D eigenvalue weighted by molar-refractivity contribution is 6.36. The molecule has 1 saturated carbocycles. The van der Waals surface area contributed by atoms with E-state index in [4.69, 9.17) is 23.2 Å². The highest BCUT2D eigenvalue weighted by atomic mass is 35.5. The zero-order chi connectivity index (χ0) is 14.0. The van der Waals surface area contributed by atoms with Crippen LogP contribution < -0.4 is 0 Å². The topological polar surface area (TPSA) is 40.5 Å². The number of carbonyl (C=O) groups excluding carboxylic acids is 1. The van der Waals surface area contributed by atoms with Gasteiger partial charge in [-0.1, -0.05) is 23.2 Å². The quantitative estimate of drug-likeness (QED) is 0.850. The van der Waals surface area contributed by atoms with Crippen molar-refractivity contribution in [3.8, 4) is 0 Å². The molecule has 0 atom stereocenters. The molecule has 0 spiro atoms. The first kappa shape index (κ1) is 14.8. The molecule has 0 radical (unpaired) electrons. The third-order valence-corrected chi connectivity index (χ3v) is 3.99. The molecule has 104 valence electrons. The fourth-order valence-corrected chi connectivity index (χ4v) is 2.79. The van der Waals surface area contributed by atoms with Gasteiger partial charge in [0.25, 0.3) is 0 Å². The molecule has 1 aliphatic rings. The molecule has 1 aromatic carbocycles. The van der Waals surface area contributed by atoms with Crippen molar-refractivity contribution in [3.05, 3.63) is 33.8 Å². The van der Waals surface area contributed by atoms with Gasteiger partial charge in [-0.2, -0.15) is 0 Å². The summed E-state index contributed by atoms with van der Waals surface area (Å²) in [6.45, 7) is 1.13. The Bertz CT molecular complexity index is 473.